The second-order valence-electron chi connectivity index (χ2n) is 6.56. The number of methoxy groups -OCH3 is 1. The molecule has 0 saturated carbocycles. The number of thiazole rings is 1. The second kappa shape index (κ2) is 9.80. The summed E-state index contributed by atoms with van der Waals surface area (Å²) in [6.07, 6.45) is 6.14. The Bertz CT molecular complexity index is 1170. The topological polar surface area (TPSA) is 98.8 Å². The molecule has 0 bridgehead atoms. The number of aromatic nitrogens is 1. The third kappa shape index (κ3) is 5.32. The van der Waals surface area contributed by atoms with Crippen molar-refractivity contribution in [2.75, 3.05) is 19.2 Å². The second-order valence-corrected chi connectivity index (χ2v) is 7.45. The van der Waals surface area contributed by atoms with Crippen molar-refractivity contribution in [1.82, 2.24) is 10.3 Å². The van der Waals surface area contributed by atoms with E-state index in [-0.39, 0.29) is 12.5 Å². The number of amides is 2. The molecular weight excluding hydrogens is 430 g/mol. The van der Waals surface area contributed by atoms with Crippen LogP contribution >= 0.6 is 11.3 Å². The normalized spacial score (nSPS) is 12.6. The minimum absolute atomic E-state index is 0.0587. The number of nitrogens with one attached hydrogen (secondary N) is 2. The van der Waals surface area contributed by atoms with Crippen molar-refractivity contribution < 1.29 is 23.8 Å². The zero-order valence-corrected chi connectivity index (χ0v) is 17.8. The minimum Gasteiger partial charge on any atom is -0.497 e. The average molecular weight is 449 g/mol. The highest BCUT2D eigenvalue weighted by Gasteiger charge is 2.16. The first-order valence-corrected chi connectivity index (χ1v) is 10.4. The molecule has 8 nitrogen and oxygen atoms in total. The molecule has 0 aliphatic carbocycles. The summed E-state index contributed by atoms with van der Waals surface area (Å²) in [6, 6.07) is 12.5. The number of carbonyl (C=O) groups is 2. The first kappa shape index (κ1) is 21.1. The maximum atomic E-state index is 12.8. The van der Waals surface area contributed by atoms with Crippen molar-refractivity contribution in [2.24, 2.45) is 0 Å². The van der Waals surface area contributed by atoms with Crippen LogP contribution in [0, 0.1) is 0 Å². The number of benzene rings is 2. The largest absolute Gasteiger partial charge is 0.497 e. The molecule has 2 N–H and O–H groups in total. The number of hydrogen-bond donors (Lipinski definition) is 2. The molecule has 0 unspecified atom stereocenters. The van der Waals surface area contributed by atoms with Gasteiger partial charge in [-0.05, 0) is 47.5 Å². The molecular formula is C23H19N3O5S. The SMILES string of the molecule is COc1ccc(/C=C/C(=O)N/C(=C\c2ccc3c(c2)OCO3)C(=O)Nc2nccs2)cc1. The Kier molecular flexibility index (Phi) is 6.47. The molecule has 2 amide bonds. The van der Waals surface area contributed by atoms with Crippen LogP contribution in [0.2, 0.25) is 0 Å². The van der Waals surface area contributed by atoms with Crippen LogP contribution in [0.4, 0.5) is 5.13 Å². The van der Waals surface area contributed by atoms with Gasteiger partial charge in [-0.2, -0.15) is 0 Å². The summed E-state index contributed by atoms with van der Waals surface area (Å²) < 4.78 is 15.8. The predicted octanol–water partition coefficient (Wildman–Crippen LogP) is 3.69. The first-order chi connectivity index (χ1) is 15.6. The Morgan fingerprint density at radius 3 is 2.62 bits per heavy atom. The highest BCUT2D eigenvalue weighted by atomic mass is 32.1. The molecule has 4 rings (SSSR count). The highest BCUT2D eigenvalue weighted by molar-refractivity contribution is 7.13. The van der Waals surface area contributed by atoms with Crippen molar-refractivity contribution in [2.45, 2.75) is 0 Å². The summed E-state index contributed by atoms with van der Waals surface area (Å²) in [5.41, 5.74) is 1.54. The lowest BCUT2D eigenvalue weighted by atomic mass is 10.1. The number of fused-ring (bicyclic) bond motifs is 1. The van der Waals surface area contributed by atoms with Gasteiger partial charge in [-0.25, -0.2) is 4.98 Å². The Morgan fingerprint density at radius 1 is 1.09 bits per heavy atom. The lowest BCUT2D eigenvalue weighted by molar-refractivity contribution is -0.118. The van der Waals surface area contributed by atoms with Crippen LogP contribution in [0.1, 0.15) is 11.1 Å². The van der Waals surface area contributed by atoms with Crippen molar-refractivity contribution in [3.8, 4) is 17.2 Å². The molecule has 0 saturated heterocycles. The molecule has 1 aromatic heterocycles. The van der Waals surface area contributed by atoms with Gasteiger partial charge in [-0.1, -0.05) is 18.2 Å². The van der Waals surface area contributed by atoms with Crippen LogP contribution < -0.4 is 24.8 Å². The van der Waals surface area contributed by atoms with Crippen LogP contribution in [0.3, 0.4) is 0 Å². The van der Waals surface area contributed by atoms with E-state index in [9.17, 15) is 9.59 Å². The molecule has 0 fully saturated rings. The standard InChI is InChI=1S/C23H19N3O5S/c1-29-17-6-2-15(3-7-17)5-9-21(27)25-18(22(28)26-23-24-10-11-32-23)12-16-4-8-19-20(13-16)31-14-30-19/h2-13H,14H2,1H3,(H,25,27)(H,24,26,28)/b9-5+,18-12-. The van der Waals surface area contributed by atoms with Gasteiger partial charge in [0.05, 0.1) is 7.11 Å². The van der Waals surface area contributed by atoms with E-state index in [1.165, 1.54) is 17.4 Å². The molecule has 32 heavy (non-hydrogen) atoms. The number of ether oxygens (including phenoxy) is 3. The molecule has 0 spiro atoms. The van der Waals surface area contributed by atoms with Crippen LogP contribution in [0.5, 0.6) is 17.2 Å². The van der Waals surface area contributed by atoms with E-state index in [0.29, 0.717) is 22.2 Å². The highest BCUT2D eigenvalue weighted by Crippen LogP contribution is 2.33. The fourth-order valence-corrected chi connectivity index (χ4v) is 3.36. The van der Waals surface area contributed by atoms with Crippen molar-refractivity contribution in [3.05, 3.63) is 76.9 Å². The van der Waals surface area contributed by atoms with E-state index >= 15 is 0 Å². The molecule has 1 aliphatic rings. The van der Waals surface area contributed by atoms with E-state index in [1.807, 2.05) is 12.1 Å². The minimum atomic E-state index is -0.496. The predicted molar refractivity (Wildman–Crippen MR) is 121 cm³/mol. The van der Waals surface area contributed by atoms with Gasteiger partial charge in [0.25, 0.3) is 5.91 Å². The Balaban J connectivity index is 1.53. The van der Waals surface area contributed by atoms with Crippen LogP contribution in [0.15, 0.2) is 65.8 Å². The van der Waals surface area contributed by atoms with Crippen molar-refractivity contribution in [3.63, 3.8) is 0 Å². The van der Waals surface area contributed by atoms with Gasteiger partial charge >= 0.3 is 0 Å². The molecule has 9 heteroatoms. The van der Waals surface area contributed by atoms with Gasteiger partial charge in [0, 0.05) is 17.7 Å². The van der Waals surface area contributed by atoms with Gasteiger partial charge in [0.1, 0.15) is 11.4 Å². The van der Waals surface area contributed by atoms with E-state index in [4.69, 9.17) is 14.2 Å². The van der Waals surface area contributed by atoms with E-state index in [1.54, 1.807) is 61.2 Å². The molecule has 0 atom stereocenters. The monoisotopic (exact) mass is 449 g/mol. The van der Waals surface area contributed by atoms with Gasteiger partial charge in [0.2, 0.25) is 12.7 Å². The number of carbonyl (C=O) groups excluding carboxylic acids is 2. The first-order valence-electron chi connectivity index (χ1n) is 9.56. The maximum absolute atomic E-state index is 12.8. The molecule has 2 heterocycles. The molecule has 0 radical (unpaired) electrons. The van der Waals surface area contributed by atoms with Crippen molar-refractivity contribution in [1.29, 1.82) is 0 Å². The molecule has 1 aliphatic heterocycles. The summed E-state index contributed by atoms with van der Waals surface area (Å²) in [5.74, 6) is 0.969. The fraction of sp³-hybridized carbons (Fsp3) is 0.0870. The third-order valence-electron chi connectivity index (χ3n) is 4.41. The van der Waals surface area contributed by atoms with Gasteiger partial charge in [-0.3, -0.25) is 14.9 Å². The quantitative estimate of drug-likeness (QED) is 0.534. The van der Waals surface area contributed by atoms with E-state index < -0.39 is 11.8 Å². The lowest BCUT2D eigenvalue weighted by Crippen LogP contribution is -2.29. The van der Waals surface area contributed by atoms with E-state index in [0.717, 1.165) is 11.3 Å². The Morgan fingerprint density at radius 2 is 1.88 bits per heavy atom. The number of anilines is 1. The maximum Gasteiger partial charge on any atom is 0.273 e. The fourth-order valence-electron chi connectivity index (χ4n) is 2.84. The lowest BCUT2D eigenvalue weighted by Gasteiger charge is -2.09. The molecule has 162 valence electrons. The van der Waals surface area contributed by atoms with Crippen LogP contribution in [-0.2, 0) is 9.59 Å². The Hall–Kier alpha value is -4.11. The van der Waals surface area contributed by atoms with Gasteiger partial charge in [-0.15, -0.1) is 11.3 Å². The number of hydrogen-bond acceptors (Lipinski definition) is 7. The molecule has 2 aromatic carbocycles. The summed E-state index contributed by atoms with van der Waals surface area (Å²) in [5, 5.41) is 7.49. The van der Waals surface area contributed by atoms with Crippen molar-refractivity contribution >= 4 is 40.4 Å². The molecule has 3 aromatic rings. The number of nitrogens with zero attached hydrogens (tertiary/aromatic N) is 1. The average Bonchev–Trinajstić information content (AvgIpc) is 3.49. The zero-order valence-electron chi connectivity index (χ0n) is 17.0. The summed E-state index contributed by atoms with van der Waals surface area (Å²) >= 11 is 1.28. The van der Waals surface area contributed by atoms with Gasteiger partial charge in [0.15, 0.2) is 16.6 Å². The van der Waals surface area contributed by atoms with Crippen LogP contribution in [-0.4, -0.2) is 30.7 Å². The van der Waals surface area contributed by atoms with Gasteiger partial charge < -0.3 is 19.5 Å². The third-order valence-corrected chi connectivity index (χ3v) is 5.09. The smallest absolute Gasteiger partial charge is 0.273 e. The Labute approximate surface area is 188 Å². The summed E-state index contributed by atoms with van der Waals surface area (Å²) in [6.45, 7) is 0.146. The number of rotatable bonds is 7. The summed E-state index contributed by atoms with van der Waals surface area (Å²) in [7, 11) is 1.59. The van der Waals surface area contributed by atoms with Crippen LogP contribution in [0.25, 0.3) is 12.2 Å². The summed E-state index contributed by atoms with van der Waals surface area (Å²) in [4.78, 5) is 29.4. The van der Waals surface area contributed by atoms with E-state index in [2.05, 4.69) is 15.6 Å². The zero-order chi connectivity index (χ0) is 22.3.